The predicted octanol–water partition coefficient (Wildman–Crippen LogP) is 3.50. The van der Waals surface area contributed by atoms with Crippen molar-refractivity contribution in [2.45, 2.75) is 46.1 Å². The van der Waals surface area contributed by atoms with Gasteiger partial charge >= 0.3 is 5.97 Å². The number of esters is 1. The molecule has 0 saturated heterocycles. The fourth-order valence-corrected chi connectivity index (χ4v) is 1.50. The van der Waals surface area contributed by atoms with E-state index < -0.39 is 5.60 Å². The summed E-state index contributed by atoms with van der Waals surface area (Å²) in [5.74, 6) is 0.675. The van der Waals surface area contributed by atoms with Crippen LogP contribution >= 0.6 is 0 Å². The van der Waals surface area contributed by atoms with Gasteiger partial charge in [-0.2, -0.15) is 0 Å². The van der Waals surface area contributed by atoms with Crippen molar-refractivity contribution in [3.63, 3.8) is 0 Å². The Labute approximate surface area is 109 Å². The molecule has 0 aliphatic carbocycles. The molecule has 0 radical (unpaired) electrons. The van der Waals surface area contributed by atoms with Crippen LogP contribution in [0.5, 0.6) is 5.75 Å². The van der Waals surface area contributed by atoms with E-state index in [1.54, 1.807) is 0 Å². The average molecular weight is 250 g/mol. The molecule has 3 heteroatoms. The SMILES string of the molecule is Cc1cccc(OCCCC(=O)OC(C)(C)C)c1. The molecule has 0 amide bonds. The molecule has 3 nitrogen and oxygen atoms in total. The van der Waals surface area contributed by atoms with E-state index in [-0.39, 0.29) is 5.97 Å². The molecule has 0 bridgehead atoms. The normalized spacial score (nSPS) is 11.1. The van der Waals surface area contributed by atoms with Crippen LogP contribution in [0, 0.1) is 6.92 Å². The predicted molar refractivity (Wildman–Crippen MR) is 71.8 cm³/mol. The van der Waals surface area contributed by atoms with Gasteiger partial charge in [-0.05, 0) is 51.8 Å². The number of benzene rings is 1. The summed E-state index contributed by atoms with van der Waals surface area (Å²) in [6.45, 7) is 8.16. The fraction of sp³-hybridized carbons (Fsp3) is 0.533. The second-order valence-corrected chi connectivity index (χ2v) is 5.35. The van der Waals surface area contributed by atoms with Crippen molar-refractivity contribution in [2.75, 3.05) is 6.61 Å². The maximum Gasteiger partial charge on any atom is 0.306 e. The van der Waals surface area contributed by atoms with Crippen LogP contribution < -0.4 is 4.74 Å². The quantitative estimate of drug-likeness (QED) is 0.592. The fourth-order valence-electron chi connectivity index (χ4n) is 1.50. The van der Waals surface area contributed by atoms with Gasteiger partial charge in [-0.25, -0.2) is 0 Å². The van der Waals surface area contributed by atoms with E-state index in [0.717, 1.165) is 5.75 Å². The lowest BCUT2D eigenvalue weighted by Crippen LogP contribution is -2.23. The highest BCUT2D eigenvalue weighted by atomic mass is 16.6. The van der Waals surface area contributed by atoms with E-state index in [9.17, 15) is 4.79 Å². The molecule has 0 saturated carbocycles. The number of ether oxygens (including phenoxy) is 2. The molecule has 0 aliphatic heterocycles. The molecule has 0 heterocycles. The number of carbonyl (C=O) groups excluding carboxylic acids is 1. The molecule has 0 N–H and O–H groups in total. The van der Waals surface area contributed by atoms with Crippen LogP contribution in [-0.2, 0) is 9.53 Å². The van der Waals surface area contributed by atoms with Crippen LogP contribution in [0.4, 0.5) is 0 Å². The minimum atomic E-state index is -0.408. The van der Waals surface area contributed by atoms with Crippen LogP contribution in [0.25, 0.3) is 0 Å². The molecule has 0 atom stereocenters. The highest BCUT2D eigenvalue weighted by Gasteiger charge is 2.15. The van der Waals surface area contributed by atoms with Crippen molar-refractivity contribution in [1.29, 1.82) is 0 Å². The third kappa shape index (κ3) is 6.28. The molecule has 1 aromatic carbocycles. The van der Waals surface area contributed by atoms with E-state index in [4.69, 9.17) is 9.47 Å². The number of aryl methyl sites for hydroxylation is 1. The highest BCUT2D eigenvalue weighted by Crippen LogP contribution is 2.13. The monoisotopic (exact) mass is 250 g/mol. The Morgan fingerprint density at radius 3 is 2.61 bits per heavy atom. The van der Waals surface area contributed by atoms with Gasteiger partial charge in [0.2, 0.25) is 0 Å². The molecule has 1 aromatic rings. The first kappa shape index (κ1) is 14.6. The maximum atomic E-state index is 11.4. The van der Waals surface area contributed by atoms with Crippen molar-refractivity contribution in [1.82, 2.24) is 0 Å². The van der Waals surface area contributed by atoms with E-state index in [1.807, 2.05) is 52.0 Å². The lowest BCUT2D eigenvalue weighted by atomic mass is 10.2. The Morgan fingerprint density at radius 2 is 2.00 bits per heavy atom. The second-order valence-electron chi connectivity index (χ2n) is 5.35. The van der Waals surface area contributed by atoms with Gasteiger partial charge in [-0.3, -0.25) is 4.79 Å². The van der Waals surface area contributed by atoms with E-state index in [2.05, 4.69) is 0 Å². The Balaban J connectivity index is 2.21. The van der Waals surface area contributed by atoms with Gasteiger partial charge in [-0.1, -0.05) is 12.1 Å². The summed E-state index contributed by atoms with van der Waals surface area (Å²) in [6, 6.07) is 7.88. The smallest absolute Gasteiger partial charge is 0.306 e. The first-order valence-electron chi connectivity index (χ1n) is 6.28. The number of hydrogen-bond acceptors (Lipinski definition) is 3. The second kappa shape index (κ2) is 6.43. The van der Waals surface area contributed by atoms with Gasteiger partial charge in [-0.15, -0.1) is 0 Å². The minimum absolute atomic E-state index is 0.171. The zero-order valence-electron chi connectivity index (χ0n) is 11.7. The molecule has 0 fully saturated rings. The van der Waals surface area contributed by atoms with E-state index in [0.29, 0.717) is 19.4 Å². The third-order valence-corrected chi connectivity index (χ3v) is 2.20. The van der Waals surface area contributed by atoms with Gasteiger partial charge < -0.3 is 9.47 Å². The Kier molecular flexibility index (Phi) is 5.20. The van der Waals surface area contributed by atoms with Crippen molar-refractivity contribution in [3.05, 3.63) is 29.8 Å². The molecule has 18 heavy (non-hydrogen) atoms. The highest BCUT2D eigenvalue weighted by molar-refractivity contribution is 5.69. The topological polar surface area (TPSA) is 35.5 Å². The first-order chi connectivity index (χ1) is 8.37. The zero-order valence-corrected chi connectivity index (χ0v) is 11.7. The summed E-state index contributed by atoms with van der Waals surface area (Å²) in [5.41, 5.74) is 0.758. The van der Waals surface area contributed by atoms with Crippen molar-refractivity contribution in [2.24, 2.45) is 0 Å². The van der Waals surface area contributed by atoms with E-state index in [1.165, 1.54) is 5.56 Å². The van der Waals surface area contributed by atoms with Crippen molar-refractivity contribution < 1.29 is 14.3 Å². The van der Waals surface area contributed by atoms with Gasteiger partial charge in [0.05, 0.1) is 6.61 Å². The lowest BCUT2D eigenvalue weighted by Gasteiger charge is -2.19. The van der Waals surface area contributed by atoms with Gasteiger partial charge in [0.1, 0.15) is 11.4 Å². The summed E-state index contributed by atoms with van der Waals surface area (Å²) >= 11 is 0. The van der Waals surface area contributed by atoms with Crippen LogP contribution in [0.15, 0.2) is 24.3 Å². The molecule has 1 rings (SSSR count). The molecule has 0 aromatic heterocycles. The number of carbonyl (C=O) groups is 1. The first-order valence-corrected chi connectivity index (χ1v) is 6.28. The summed E-state index contributed by atoms with van der Waals surface area (Å²) in [4.78, 5) is 11.4. The zero-order chi connectivity index (χ0) is 13.6. The van der Waals surface area contributed by atoms with Crippen LogP contribution in [-0.4, -0.2) is 18.2 Å². The summed E-state index contributed by atoms with van der Waals surface area (Å²) < 4.78 is 10.8. The molecular formula is C15H22O3. The molecule has 0 spiro atoms. The van der Waals surface area contributed by atoms with Crippen LogP contribution in [0.2, 0.25) is 0 Å². The average Bonchev–Trinajstić information content (AvgIpc) is 2.22. The number of hydrogen-bond donors (Lipinski definition) is 0. The van der Waals surface area contributed by atoms with Crippen LogP contribution in [0.1, 0.15) is 39.2 Å². The minimum Gasteiger partial charge on any atom is -0.494 e. The largest absolute Gasteiger partial charge is 0.494 e. The molecular weight excluding hydrogens is 228 g/mol. The van der Waals surface area contributed by atoms with Gasteiger partial charge in [0, 0.05) is 6.42 Å². The van der Waals surface area contributed by atoms with Gasteiger partial charge in [0.25, 0.3) is 0 Å². The van der Waals surface area contributed by atoms with Crippen molar-refractivity contribution in [3.8, 4) is 5.75 Å². The molecule has 0 unspecified atom stereocenters. The molecule has 0 aliphatic rings. The summed E-state index contributed by atoms with van der Waals surface area (Å²) in [6.07, 6.45) is 1.06. The summed E-state index contributed by atoms with van der Waals surface area (Å²) in [7, 11) is 0. The Bertz CT molecular complexity index is 391. The third-order valence-electron chi connectivity index (χ3n) is 2.20. The Morgan fingerprint density at radius 1 is 1.28 bits per heavy atom. The molecule has 100 valence electrons. The standard InChI is InChI=1S/C15H22O3/c1-12-7-5-8-13(11-12)17-10-6-9-14(16)18-15(2,3)4/h5,7-8,11H,6,9-10H2,1-4H3. The summed E-state index contributed by atoms with van der Waals surface area (Å²) in [5, 5.41) is 0. The van der Waals surface area contributed by atoms with Crippen molar-refractivity contribution >= 4 is 5.97 Å². The van der Waals surface area contributed by atoms with Crippen LogP contribution in [0.3, 0.4) is 0 Å². The van der Waals surface area contributed by atoms with Gasteiger partial charge in [0.15, 0.2) is 0 Å². The van der Waals surface area contributed by atoms with E-state index >= 15 is 0 Å². The lowest BCUT2D eigenvalue weighted by molar-refractivity contribution is -0.155. The Hall–Kier alpha value is -1.51. The number of rotatable bonds is 5. The maximum absolute atomic E-state index is 11.4.